The minimum Gasteiger partial charge on any atom is -0.401 e. The van der Waals surface area contributed by atoms with Crippen molar-refractivity contribution in [3.8, 4) is 0 Å². The Bertz CT molecular complexity index is 846. The van der Waals surface area contributed by atoms with E-state index in [-0.39, 0.29) is 21.9 Å². The van der Waals surface area contributed by atoms with Crippen molar-refractivity contribution in [3.63, 3.8) is 0 Å². The molecule has 0 spiro atoms. The van der Waals surface area contributed by atoms with Gasteiger partial charge in [-0.05, 0) is 40.2 Å². The van der Waals surface area contributed by atoms with E-state index in [2.05, 4.69) is 24.0 Å². The summed E-state index contributed by atoms with van der Waals surface area (Å²) in [6.45, 7) is 12.3. The molecule has 0 atom stereocenters. The summed E-state index contributed by atoms with van der Waals surface area (Å²) < 4.78 is 0. The van der Waals surface area contributed by atoms with Gasteiger partial charge in [-0.2, -0.15) is 0 Å². The minimum absolute atomic E-state index is 0.00750. The zero-order valence-electron chi connectivity index (χ0n) is 16.7. The number of ketones is 1. The molecule has 1 aromatic rings. The summed E-state index contributed by atoms with van der Waals surface area (Å²) in [6.07, 6.45) is 4.95. The van der Waals surface area contributed by atoms with Crippen LogP contribution in [0.5, 0.6) is 0 Å². The molecule has 0 fully saturated rings. The van der Waals surface area contributed by atoms with E-state index in [1.807, 2.05) is 20.8 Å². The van der Waals surface area contributed by atoms with Crippen LogP contribution in [0.1, 0.15) is 44.5 Å². The molecule has 0 unspecified atom stereocenters. The van der Waals surface area contributed by atoms with E-state index in [1.165, 1.54) is 29.3 Å². The number of nitrogens with two attached hydrogens (primary N) is 1. The van der Waals surface area contributed by atoms with Crippen molar-refractivity contribution in [3.05, 3.63) is 85.5 Å². The maximum atomic E-state index is 12.8. The quantitative estimate of drug-likeness (QED) is 0.187. The molecule has 0 radical (unpaired) electrons. The normalized spacial score (nSPS) is 12.1. The van der Waals surface area contributed by atoms with Gasteiger partial charge in [0.05, 0.1) is 14.9 Å². The molecule has 0 heterocycles. The first kappa shape index (κ1) is 23.2. The molecule has 0 saturated heterocycles. The van der Waals surface area contributed by atoms with Crippen LogP contribution in [0.15, 0.2) is 69.8 Å². The van der Waals surface area contributed by atoms with Crippen molar-refractivity contribution in [2.24, 2.45) is 5.73 Å². The van der Waals surface area contributed by atoms with Crippen molar-refractivity contribution < 1.29 is 9.72 Å². The molecule has 0 aliphatic rings. The van der Waals surface area contributed by atoms with Gasteiger partial charge in [-0.3, -0.25) is 14.9 Å². The molecular weight excluding hydrogens is 374 g/mol. The lowest BCUT2D eigenvalue weighted by Crippen LogP contribution is -2.15. The van der Waals surface area contributed by atoms with E-state index in [0.29, 0.717) is 11.6 Å². The number of allylic oxidation sites excluding steroid dienone is 5. The molecule has 0 aliphatic carbocycles. The maximum Gasteiger partial charge on any atom is 0.280 e. The summed E-state index contributed by atoms with van der Waals surface area (Å²) in [7, 11) is 0. The van der Waals surface area contributed by atoms with Crippen molar-refractivity contribution >= 4 is 23.2 Å². The lowest BCUT2D eigenvalue weighted by Gasteiger charge is -2.13. The summed E-state index contributed by atoms with van der Waals surface area (Å²) in [5, 5.41) is 14.9. The van der Waals surface area contributed by atoms with Crippen LogP contribution in [0, 0.1) is 10.1 Å². The first-order valence-corrected chi connectivity index (χ1v) is 9.60. The smallest absolute Gasteiger partial charge is 0.280 e. The van der Waals surface area contributed by atoms with Crippen LogP contribution in [-0.4, -0.2) is 17.3 Å². The highest BCUT2D eigenvalue weighted by atomic mass is 32.2. The lowest BCUT2D eigenvalue weighted by atomic mass is 10.1. The number of Topliss-reactive ketones (excluding diaryl/α,β-unsaturated/α-hetero) is 1. The van der Waals surface area contributed by atoms with Gasteiger partial charge in [0.2, 0.25) is 5.78 Å². The Balaban J connectivity index is 2.82. The van der Waals surface area contributed by atoms with Gasteiger partial charge in [-0.25, -0.2) is 0 Å². The summed E-state index contributed by atoms with van der Waals surface area (Å²) in [5.74, 6) is -0.486. The highest BCUT2D eigenvalue weighted by Crippen LogP contribution is 2.30. The predicted molar refractivity (Wildman–Crippen MR) is 117 cm³/mol. The van der Waals surface area contributed by atoms with Gasteiger partial charge >= 0.3 is 0 Å². The van der Waals surface area contributed by atoms with Crippen LogP contribution in [0.4, 0.5) is 5.69 Å². The molecule has 1 rings (SSSR count). The third-order valence-corrected chi connectivity index (χ3v) is 4.78. The molecule has 150 valence electrons. The Hall–Kier alpha value is -2.80. The van der Waals surface area contributed by atoms with Crippen LogP contribution >= 0.6 is 11.8 Å². The second kappa shape index (κ2) is 11.1. The number of carbonyl (C=O) groups excluding carboxylic acids is 1. The first-order chi connectivity index (χ1) is 13.1. The van der Waals surface area contributed by atoms with Gasteiger partial charge in [0.1, 0.15) is 5.56 Å². The molecule has 0 bridgehead atoms. The Morgan fingerprint density at radius 2 is 1.89 bits per heavy atom. The summed E-state index contributed by atoms with van der Waals surface area (Å²) in [5.41, 5.74) is 8.37. The number of nitro groups is 1. The molecule has 0 amide bonds. The van der Waals surface area contributed by atoms with Gasteiger partial charge < -0.3 is 11.1 Å². The number of nitrogens with one attached hydrogen (secondary N) is 1. The number of para-hydroxylation sites is 1. The van der Waals surface area contributed by atoms with Crippen LogP contribution in [0.25, 0.3) is 0 Å². The number of nitro benzene ring substituents is 1. The second-order valence-electron chi connectivity index (χ2n) is 6.57. The van der Waals surface area contributed by atoms with E-state index in [0.717, 1.165) is 18.2 Å². The fourth-order valence-corrected chi connectivity index (χ4v) is 2.99. The Labute approximate surface area is 170 Å². The fraction of sp³-hybridized carbons (Fsp3) is 0.286. The van der Waals surface area contributed by atoms with E-state index in [1.54, 1.807) is 13.0 Å². The SMILES string of the molecule is C=C(NCC/C(C)=C/C=C(C)C)S/C(C(=O)c1ccccc1[N+](=O)[O-])=C(\C)N. The number of hydrogen-bond donors (Lipinski definition) is 2. The summed E-state index contributed by atoms with van der Waals surface area (Å²) in [6, 6.07) is 5.84. The monoisotopic (exact) mass is 401 g/mol. The van der Waals surface area contributed by atoms with Crippen molar-refractivity contribution in [1.29, 1.82) is 0 Å². The maximum absolute atomic E-state index is 12.8. The molecule has 0 saturated carbocycles. The van der Waals surface area contributed by atoms with E-state index >= 15 is 0 Å². The Kier molecular flexibility index (Phi) is 9.24. The molecule has 28 heavy (non-hydrogen) atoms. The highest BCUT2D eigenvalue weighted by Gasteiger charge is 2.24. The van der Waals surface area contributed by atoms with E-state index in [9.17, 15) is 14.9 Å². The average molecular weight is 402 g/mol. The predicted octanol–water partition coefficient (Wildman–Crippen LogP) is 5.06. The van der Waals surface area contributed by atoms with Gasteiger partial charge in [-0.15, -0.1) is 0 Å². The third kappa shape index (κ3) is 7.44. The fourth-order valence-electron chi connectivity index (χ4n) is 2.20. The number of rotatable bonds is 10. The molecule has 3 N–H and O–H groups in total. The number of carbonyl (C=O) groups is 1. The summed E-state index contributed by atoms with van der Waals surface area (Å²) >= 11 is 1.09. The molecule has 1 aromatic carbocycles. The topological polar surface area (TPSA) is 98.3 Å². The number of nitrogens with zero attached hydrogens (tertiary/aromatic N) is 1. The molecule has 6 nitrogen and oxygen atoms in total. The third-order valence-electron chi connectivity index (χ3n) is 3.68. The molecule has 0 aliphatic heterocycles. The second-order valence-corrected chi connectivity index (χ2v) is 7.68. The zero-order chi connectivity index (χ0) is 21.3. The van der Waals surface area contributed by atoms with E-state index in [4.69, 9.17) is 5.73 Å². The van der Waals surface area contributed by atoms with Gasteiger partial charge in [0.15, 0.2) is 0 Å². The van der Waals surface area contributed by atoms with Crippen LogP contribution in [0.3, 0.4) is 0 Å². The Morgan fingerprint density at radius 3 is 2.46 bits per heavy atom. The van der Waals surface area contributed by atoms with Gasteiger partial charge in [-0.1, -0.05) is 53.8 Å². The van der Waals surface area contributed by atoms with Gasteiger partial charge in [0.25, 0.3) is 5.69 Å². The molecule has 7 heteroatoms. The number of thioether (sulfide) groups is 1. The molecular formula is C21H27N3O3S. The zero-order valence-corrected chi connectivity index (χ0v) is 17.6. The average Bonchev–Trinajstić information content (AvgIpc) is 2.63. The van der Waals surface area contributed by atoms with Crippen LogP contribution < -0.4 is 11.1 Å². The van der Waals surface area contributed by atoms with Crippen LogP contribution in [-0.2, 0) is 0 Å². The lowest BCUT2D eigenvalue weighted by molar-refractivity contribution is -0.385. The number of hydrogen-bond acceptors (Lipinski definition) is 6. The van der Waals surface area contributed by atoms with Crippen molar-refractivity contribution in [2.45, 2.75) is 34.1 Å². The highest BCUT2D eigenvalue weighted by molar-refractivity contribution is 8.07. The summed E-state index contributed by atoms with van der Waals surface area (Å²) in [4.78, 5) is 23.7. The number of benzene rings is 1. The van der Waals surface area contributed by atoms with Gasteiger partial charge in [0, 0.05) is 18.3 Å². The molecule has 0 aromatic heterocycles. The van der Waals surface area contributed by atoms with E-state index < -0.39 is 10.7 Å². The van der Waals surface area contributed by atoms with Crippen LogP contribution in [0.2, 0.25) is 0 Å². The standard InChI is InChI=1S/C21H27N3O3S/c1-14(2)10-11-15(3)12-13-23-17(5)28-21(16(4)22)20(25)18-8-6-7-9-19(18)24(26)27/h6-11,23H,5,12-13,22H2,1-4H3/b15-11+,21-16+. The van der Waals surface area contributed by atoms with Crippen molar-refractivity contribution in [1.82, 2.24) is 5.32 Å². The largest absolute Gasteiger partial charge is 0.401 e. The Morgan fingerprint density at radius 1 is 1.25 bits per heavy atom. The van der Waals surface area contributed by atoms with Crippen molar-refractivity contribution in [2.75, 3.05) is 6.54 Å². The minimum atomic E-state index is -0.573. The first-order valence-electron chi connectivity index (χ1n) is 8.79.